The third kappa shape index (κ3) is 3.95. The highest BCUT2D eigenvalue weighted by molar-refractivity contribution is 6.08. The van der Waals surface area contributed by atoms with Crippen LogP contribution in [0.2, 0.25) is 0 Å². The molecule has 7 nitrogen and oxygen atoms in total. The molecule has 7 heteroatoms. The van der Waals surface area contributed by atoms with Gasteiger partial charge in [0.25, 0.3) is 0 Å². The fourth-order valence-corrected chi connectivity index (χ4v) is 2.87. The van der Waals surface area contributed by atoms with Crippen molar-refractivity contribution in [3.05, 3.63) is 42.4 Å². The fourth-order valence-electron chi connectivity index (χ4n) is 2.87. The number of benzene rings is 1. The number of piperidine rings is 1. The van der Waals surface area contributed by atoms with Gasteiger partial charge < -0.3 is 26.9 Å². The molecule has 0 spiro atoms. The number of rotatable bonds is 5. The number of phenols is 1. The highest BCUT2D eigenvalue weighted by Gasteiger charge is 2.14. The van der Waals surface area contributed by atoms with E-state index in [1.807, 2.05) is 0 Å². The van der Waals surface area contributed by atoms with Crippen molar-refractivity contribution < 1.29 is 5.11 Å². The van der Waals surface area contributed by atoms with Crippen LogP contribution in [0.1, 0.15) is 18.4 Å². The van der Waals surface area contributed by atoms with E-state index in [2.05, 4.69) is 20.6 Å². The van der Waals surface area contributed by atoms with Crippen molar-refractivity contribution >= 4 is 17.6 Å². The minimum atomic E-state index is 0.0760. The van der Waals surface area contributed by atoms with E-state index in [1.54, 1.807) is 30.6 Å². The molecule has 0 saturated carbocycles. The van der Waals surface area contributed by atoms with Crippen molar-refractivity contribution in [2.45, 2.75) is 18.9 Å². The zero-order valence-electron chi connectivity index (χ0n) is 13.9. The molecule has 2 heterocycles. The first-order valence-electron chi connectivity index (χ1n) is 8.26. The zero-order chi connectivity index (χ0) is 17.6. The smallest absolute Gasteiger partial charge is 0.144 e. The van der Waals surface area contributed by atoms with Gasteiger partial charge in [-0.1, -0.05) is 6.07 Å². The van der Waals surface area contributed by atoms with Crippen LogP contribution >= 0.6 is 0 Å². The Morgan fingerprint density at radius 2 is 2.08 bits per heavy atom. The number of hydrogen-bond donors (Lipinski definition) is 5. The normalized spacial score (nSPS) is 15.8. The van der Waals surface area contributed by atoms with Gasteiger partial charge >= 0.3 is 0 Å². The molecule has 25 heavy (non-hydrogen) atoms. The number of allylic oxidation sites excluding steroid dienone is 1. The number of aromatic hydroxyl groups is 1. The number of phenolic OH excluding ortho intramolecular Hbond substituents is 1. The molecule has 0 aliphatic carbocycles. The van der Waals surface area contributed by atoms with E-state index < -0.39 is 0 Å². The lowest BCUT2D eigenvalue weighted by Gasteiger charge is -2.23. The average Bonchev–Trinajstić information content (AvgIpc) is 2.65. The summed E-state index contributed by atoms with van der Waals surface area (Å²) in [7, 11) is 0. The number of nitrogens with one attached hydrogen (secondary N) is 3. The van der Waals surface area contributed by atoms with Crippen LogP contribution in [0.15, 0.2) is 36.8 Å². The summed E-state index contributed by atoms with van der Waals surface area (Å²) < 4.78 is 0. The second-order valence-electron chi connectivity index (χ2n) is 5.95. The Hall–Kier alpha value is -2.93. The number of nitrogens with zero attached hydrogens (tertiary/aromatic N) is 2. The van der Waals surface area contributed by atoms with Crippen LogP contribution < -0.4 is 16.4 Å². The lowest BCUT2D eigenvalue weighted by atomic mass is 10.0. The Morgan fingerprint density at radius 1 is 1.28 bits per heavy atom. The summed E-state index contributed by atoms with van der Waals surface area (Å²) in [4.78, 5) is 8.81. The van der Waals surface area contributed by atoms with Crippen LogP contribution in [0.25, 0.3) is 16.8 Å². The van der Waals surface area contributed by atoms with E-state index in [9.17, 15) is 5.11 Å². The lowest BCUT2D eigenvalue weighted by Crippen LogP contribution is -2.35. The predicted octanol–water partition coefficient (Wildman–Crippen LogP) is 1.96. The molecule has 130 valence electrons. The van der Waals surface area contributed by atoms with E-state index in [1.165, 1.54) is 6.20 Å². The van der Waals surface area contributed by atoms with E-state index in [0.717, 1.165) is 38.0 Å². The summed E-state index contributed by atoms with van der Waals surface area (Å²) in [5.41, 5.74) is 7.87. The Balaban J connectivity index is 1.76. The van der Waals surface area contributed by atoms with E-state index >= 15 is 0 Å². The van der Waals surface area contributed by atoms with Crippen LogP contribution in [0.4, 0.5) is 5.82 Å². The van der Waals surface area contributed by atoms with Gasteiger partial charge in [0.1, 0.15) is 11.6 Å². The number of anilines is 1. The maximum Gasteiger partial charge on any atom is 0.144 e. The standard InChI is InChI=1S/C18H22N6O/c19-8-13(9-20)12-1-2-15(17(25)7-12)16-10-23-18(11-22-16)24-14-3-5-21-6-4-14/h1-2,7-11,14,19,21,25H,3-6,20H2,(H,23,24)/b13-9+,19-8?. The van der Waals surface area contributed by atoms with Gasteiger partial charge in [0, 0.05) is 29.6 Å². The molecule has 6 N–H and O–H groups in total. The largest absolute Gasteiger partial charge is 0.507 e. The number of aromatic nitrogens is 2. The van der Waals surface area contributed by atoms with Gasteiger partial charge in [-0.05, 0) is 43.6 Å². The van der Waals surface area contributed by atoms with Crippen molar-refractivity contribution in [3.8, 4) is 17.0 Å². The second kappa shape index (κ2) is 7.76. The second-order valence-corrected chi connectivity index (χ2v) is 5.95. The van der Waals surface area contributed by atoms with Crippen LogP contribution in [0, 0.1) is 5.41 Å². The van der Waals surface area contributed by atoms with Crippen molar-refractivity contribution in [1.82, 2.24) is 15.3 Å². The molecular formula is C18H22N6O. The van der Waals surface area contributed by atoms with E-state index in [0.29, 0.717) is 28.4 Å². The highest BCUT2D eigenvalue weighted by atomic mass is 16.3. The summed E-state index contributed by atoms with van der Waals surface area (Å²) in [6, 6.07) is 5.53. The summed E-state index contributed by atoms with van der Waals surface area (Å²) in [6.45, 7) is 2.02. The first-order valence-corrected chi connectivity index (χ1v) is 8.26. The van der Waals surface area contributed by atoms with Gasteiger partial charge in [-0.3, -0.25) is 4.98 Å². The topological polar surface area (TPSA) is 120 Å². The van der Waals surface area contributed by atoms with Gasteiger partial charge in [0.2, 0.25) is 0 Å². The average molecular weight is 338 g/mol. The van der Waals surface area contributed by atoms with Gasteiger partial charge in [-0.15, -0.1) is 0 Å². The molecule has 1 fully saturated rings. The minimum absolute atomic E-state index is 0.0760. The van der Waals surface area contributed by atoms with Crippen LogP contribution in [-0.2, 0) is 0 Å². The molecule has 1 saturated heterocycles. The monoisotopic (exact) mass is 338 g/mol. The van der Waals surface area contributed by atoms with E-state index in [4.69, 9.17) is 11.1 Å². The first-order chi connectivity index (χ1) is 12.2. The minimum Gasteiger partial charge on any atom is -0.507 e. The molecule has 0 amide bonds. The van der Waals surface area contributed by atoms with Crippen LogP contribution in [0.3, 0.4) is 0 Å². The third-order valence-corrected chi connectivity index (χ3v) is 4.29. The number of hydrogen-bond acceptors (Lipinski definition) is 7. The molecule has 0 atom stereocenters. The van der Waals surface area contributed by atoms with Crippen molar-refractivity contribution in [2.24, 2.45) is 5.73 Å². The first kappa shape index (κ1) is 16.9. The maximum absolute atomic E-state index is 10.3. The third-order valence-electron chi connectivity index (χ3n) is 4.29. The Labute approximate surface area is 146 Å². The van der Waals surface area contributed by atoms with Crippen molar-refractivity contribution in [1.29, 1.82) is 5.41 Å². The molecular weight excluding hydrogens is 316 g/mol. The predicted molar refractivity (Wildman–Crippen MR) is 99.6 cm³/mol. The van der Waals surface area contributed by atoms with Crippen molar-refractivity contribution in [3.63, 3.8) is 0 Å². The summed E-state index contributed by atoms with van der Waals surface area (Å²) in [5.74, 6) is 0.816. The quantitative estimate of drug-likeness (QED) is 0.532. The molecule has 0 bridgehead atoms. The fraction of sp³-hybridized carbons (Fsp3) is 0.278. The van der Waals surface area contributed by atoms with Gasteiger partial charge in [-0.25, -0.2) is 4.98 Å². The number of nitrogens with two attached hydrogens (primary N) is 1. The molecule has 1 aromatic heterocycles. The van der Waals surface area contributed by atoms with E-state index in [-0.39, 0.29) is 5.75 Å². The lowest BCUT2D eigenvalue weighted by molar-refractivity contribution is 0.476. The Bertz CT molecular complexity index is 766. The summed E-state index contributed by atoms with van der Waals surface area (Å²) in [5, 5.41) is 24.3. The van der Waals surface area contributed by atoms with Gasteiger partial charge in [0.05, 0.1) is 18.1 Å². The summed E-state index contributed by atoms with van der Waals surface area (Å²) >= 11 is 0. The molecule has 1 aromatic carbocycles. The Kier molecular flexibility index (Phi) is 5.25. The van der Waals surface area contributed by atoms with Crippen LogP contribution in [-0.4, -0.2) is 40.4 Å². The van der Waals surface area contributed by atoms with Crippen molar-refractivity contribution in [2.75, 3.05) is 18.4 Å². The maximum atomic E-state index is 10.3. The zero-order valence-corrected chi connectivity index (χ0v) is 13.9. The molecule has 0 unspecified atom stereocenters. The highest BCUT2D eigenvalue weighted by Crippen LogP contribution is 2.30. The molecule has 2 aromatic rings. The van der Waals surface area contributed by atoms with Crippen LogP contribution in [0.5, 0.6) is 5.75 Å². The SMILES string of the molecule is N=C/C(=C\N)c1ccc(-c2cnc(NC3CCNCC3)cn2)c(O)c1. The van der Waals surface area contributed by atoms with Gasteiger partial charge in [0.15, 0.2) is 0 Å². The molecule has 3 rings (SSSR count). The molecule has 0 radical (unpaired) electrons. The Morgan fingerprint density at radius 3 is 2.68 bits per heavy atom. The molecule has 1 aliphatic heterocycles. The molecule has 1 aliphatic rings. The summed E-state index contributed by atoms with van der Waals surface area (Å²) in [6.07, 6.45) is 7.95. The van der Waals surface area contributed by atoms with Gasteiger partial charge in [-0.2, -0.15) is 0 Å².